The fourth-order valence-electron chi connectivity index (χ4n) is 2.56. The average molecular weight is 348 g/mol. The van der Waals surface area contributed by atoms with E-state index >= 15 is 0 Å². The minimum atomic E-state index is -0.111. The molecule has 0 fully saturated rings. The summed E-state index contributed by atoms with van der Waals surface area (Å²) in [5, 5.41) is 1.63. The maximum atomic E-state index is 12.5. The van der Waals surface area contributed by atoms with Crippen molar-refractivity contribution in [2.24, 2.45) is 0 Å². The molecule has 0 aliphatic carbocycles. The molecule has 23 heavy (non-hydrogen) atoms. The smallest absolute Gasteiger partial charge is 0.202 e. The number of aromatic amines is 1. The van der Waals surface area contributed by atoms with E-state index in [2.05, 4.69) is 18.0 Å². The molecule has 0 spiro atoms. The van der Waals surface area contributed by atoms with Crippen molar-refractivity contribution in [2.75, 3.05) is 6.61 Å². The highest BCUT2D eigenvalue weighted by molar-refractivity contribution is 6.42. The van der Waals surface area contributed by atoms with Gasteiger partial charge in [-0.05, 0) is 24.1 Å². The highest BCUT2D eigenvalue weighted by Crippen LogP contribution is 2.31. The number of aryl methyl sites for hydroxylation is 1. The molecule has 3 aromatic rings. The van der Waals surface area contributed by atoms with Crippen molar-refractivity contribution < 1.29 is 9.53 Å². The third-order valence-electron chi connectivity index (χ3n) is 3.76. The zero-order chi connectivity index (χ0) is 16.4. The minimum absolute atomic E-state index is 0.0939. The van der Waals surface area contributed by atoms with Crippen LogP contribution in [0.25, 0.3) is 10.9 Å². The molecule has 0 radical (unpaired) electrons. The second-order valence-corrected chi connectivity index (χ2v) is 5.94. The number of fused-ring (bicyclic) bond motifs is 1. The largest absolute Gasteiger partial charge is 0.484 e. The van der Waals surface area contributed by atoms with Gasteiger partial charge >= 0.3 is 0 Å². The van der Waals surface area contributed by atoms with Crippen molar-refractivity contribution in [3.05, 3.63) is 63.8 Å². The van der Waals surface area contributed by atoms with Crippen LogP contribution in [0.2, 0.25) is 10.0 Å². The van der Waals surface area contributed by atoms with Crippen molar-refractivity contribution in [3.8, 4) is 5.75 Å². The summed E-state index contributed by atoms with van der Waals surface area (Å²) in [6, 6.07) is 11.0. The van der Waals surface area contributed by atoms with Crippen molar-refractivity contribution in [1.82, 2.24) is 4.98 Å². The summed E-state index contributed by atoms with van der Waals surface area (Å²) in [7, 11) is 0. The highest BCUT2D eigenvalue weighted by Gasteiger charge is 2.15. The number of H-pyrrole nitrogens is 1. The van der Waals surface area contributed by atoms with E-state index in [0.717, 1.165) is 17.3 Å². The first-order valence-corrected chi connectivity index (χ1v) is 8.06. The molecule has 0 amide bonds. The lowest BCUT2D eigenvalue weighted by Crippen LogP contribution is -2.11. The Morgan fingerprint density at radius 3 is 2.74 bits per heavy atom. The number of para-hydroxylation sites is 1. The summed E-state index contributed by atoms with van der Waals surface area (Å²) in [6.45, 7) is 1.99. The Morgan fingerprint density at radius 1 is 1.17 bits per heavy atom. The number of hydrogen-bond donors (Lipinski definition) is 1. The van der Waals surface area contributed by atoms with Crippen LogP contribution >= 0.6 is 23.2 Å². The van der Waals surface area contributed by atoms with Crippen LogP contribution in [0.15, 0.2) is 42.6 Å². The third kappa shape index (κ3) is 3.07. The van der Waals surface area contributed by atoms with Crippen LogP contribution in [0.5, 0.6) is 5.75 Å². The van der Waals surface area contributed by atoms with Crippen LogP contribution in [0.1, 0.15) is 22.8 Å². The lowest BCUT2D eigenvalue weighted by atomic mass is 10.1. The molecule has 5 heteroatoms. The topological polar surface area (TPSA) is 42.1 Å². The number of halogens is 2. The SMILES string of the molecule is CCc1cccc2c(C(=O)COc3cccc(Cl)c3Cl)c[nH]c12. The van der Waals surface area contributed by atoms with Gasteiger partial charge in [-0.1, -0.05) is 54.4 Å². The van der Waals surface area contributed by atoms with Gasteiger partial charge < -0.3 is 9.72 Å². The summed E-state index contributed by atoms with van der Waals surface area (Å²) in [4.78, 5) is 15.7. The quantitative estimate of drug-likeness (QED) is 0.636. The van der Waals surface area contributed by atoms with Crippen molar-refractivity contribution >= 4 is 39.9 Å². The summed E-state index contributed by atoms with van der Waals surface area (Å²) in [6.07, 6.45) is 2.63. The zero-order valence-electron chi connectivity index (χ0n) is 12.5. The van der Waals surface area contributed by atoms with Gasteiger partial charge in [0.15, 0.2) is 6.61 Å². The molecule has 3 nitrogen and oxygen atoms in total. The van der Waals surface area contributed by atoms with Crippen LogP contribution in [-0.4, -0.2) is 17.4 Å². The number of carbonyl (C=O) groups is 1. The second-order valence-electron chi connectivity index (χ2n) is 5.16. The van der Waals surface area contributed by atoms with Crippen LogP contribution in [0.4, 0.5) is 0 Å². The van der Waals surface area contributed by atoms with Crippen molar-refractivity contribution in [2.45, 2.75) is 13.3 Å². The van der Waals surface area contributed by atoms with E-state index in [1.165, 1.54) is 5.56 Å². The summed E-state index contributed by atoms with van der Waals surface area (Å²) in [5.74, 6) is 0.294. The van der Waals surface area contributed by atoms with Gasteiger partial charge in [-0.25, -0.2) is 0 Å². The molecule has 2 aromatic carbocycles. The Kier molecular flexibility index (Phi) is 4.60. The normalized spacial score (nSPS) is 10.9. The zero-order valence-corrected chi connectivity index (χ0v) is 14.0. The predicted molar refractivity (Wildman–Crippen MR) is 94.0 cm³/mol. The van der Waals surface area contributed by atoms with Gasteiger partial charge in [0.05, 0.1) is 5.02 Å². The molecule has 0 saturated heterocycles. The first-order chi connectivity index (χ1) is 11.1. The third-order valence-corrected chi connectivity index (χ3v) is 4.56. The highest BCUT2D eigenvalue weighted by atomic mass is 35.5. The molecule has 118 valence electrons. The Morgan fingerprint density at radius 2 is 1.96 bits per heavy atom. The Bertz CT molecular complexity index is 871. The molecule has 0 unspecified atom stereocenters. The van der Waals surface area contributed by atoms with Gasteiger partial charge in [-0.2, -0.15) is 0 Å². The van der Waals surface area contributed by atoms with Crippen LogP contribution in [-0.2, 0) is 6.42 Å². The van der Waals surface area contributed by atoms with E-state index in [1.807, 2.05) is 12.1 Å². The Labute approximate surface area is 144 Å². The molecule has 1 N–H and O–H groups in total. The number of hydrogen-bond acceptors (Lipinski definition) is 2. The first kappa shape index (κ1) is 15.9. The van der Waals surface area contributed by atoms with Crippen molar-refractivity contribution in [3.63, 3.8) is 0 Å². The molecule has 0 aliphatic heterocycles. The fourth-order valence-corrected chi connectivity index (χ4v) is 2.91. The first-order valence-electron chi connectivity index (χ1n) is 7.30. The Hall–Kier alpha value is -1.97. The minimum Gasteiger partial charge on any atom is -0.484 e. The lowest BCUT2D eigenvalue weighted by molar-refractivity contribution is 0.0923. The summed E-state index contributed by atoms with van der Waals surface area (Å²) >= 11 is 12.0. The average Bonchev–Trinajstić information content (AvgIpc) is 3.00. The molecule has 0 atom stereocenters. The molecule has 0 aliphatic rings. The lowest BCUT2D eigenvalue weighted by Gasteiger charge is -2.08. The monoisotopic (exact) mass is 347 g/mol. The fraction of sp³-hybridized carbons (Fsp3) is 0.167. The van der Waals surface area contributed by atoms with E-state index in [0.29, 0.717) is 21.4 Å². The number of benzene rings is 2. The van der Waals surface area contributed by atoms with E-state index in [-0.39, 0.29) is 12.4 Å². The van der Waals surface area contributed by atoms with E-state index < -0.39 is 0 Å². The van der Waals surface area contributed by atoms with Crippen molar-refractivity contribution in [1.29, 1.82) is 0 Å². The van der Waals surface area contributed by atoms with Gasteiger partial charge in [0, 0.05) is 22.7 Å². The van der Waals surface area contributed by atoms with Crippen LogP contribution in [0.3, 0.4) is 0 Å². The van der Waals surface area contributed by atoms with E-state index in [4.69, 9.17) is 27.9 Å². The molecular formula is C18H15Cl2NO2. The number of ketones is 1. The van der Waals surface area contributed by atoms with Gasteiger partial charge in [0.25, 0.3) is 0 Å². The number of rotatable bonds is 5. The van der Waals surface area contributed by atoms with E-state index in [9.17, 15) is 4.79 Å². The number of nitrogens with one attached hydrogen (secondary N) is 1. The van der Waals surface area contributed by atoms with Crippen LogP contribution < -0.4 is 4.74 Å². The predicted octanol–water partition coefficient (Wildman–Crippen LogP) is 5.30. The second kappa shape index (κ2) is 6.65. The van der Waals surface area contributed by atoms with E-state index in [1.54, 1.807) is 24.4 Å². The maximum Gasteiger partial charge on any atom is 0.202 e. The van der Waals surface area contributed by atoms with Gasteiger partial charge in [0.1, 0.15) is 10.8 Å². The number of carbonyl (C=O) groups excluding carboxylic acids is 1. The number of ether oxygens (including phenoxy) is 1. The molecule has 1 heterocycles. The summed E-state index contributed by atoms with van der Waals surface area (Å²) in [5.41, 5.74) is 2.80. The van der Waals surface area contributed by atoms with Gasteiger partial charge in [-0.15, -0.1) is 0 Å². The standard InChI is InChI=1S/C18H15Cl2NO2/c1-2-11-5-3-6-12-13(9-21-18(11)12)15(22)10-23-16-8-4-7-14(19)17(16)20/h3-9,21H,2,10H2,1H3. The molecular weight excluding hydrogens is 333 g/mol. The summed E-state index contributed by atoms with van der Waals surface area (Å²) < 4.78 is 5.53. The van der Waals surface area contributed by atoms with Gasteiger partial charge in [0.2, 0.25) is 5.78 Å². The Balaban J connectivity index is 1.83. The maximum absolute atomic E-state index is 12.5. The molecule has 0 saturated carbocycles. The molecule has 0 bridgehead atoms. The number of aromatic nitrogens is 1. The van der Waals surface area contributed by atoms with Gasteiger partial charge in [-0.3, -0.25) is 4.79 Å². The van der Waals surface area contributed by atoms with Crippen LogP contribution in [0, 0.1) is 0 Å². The number of Topliss-reactive ketones (excluding diaryl/α,β-unsaturated/α-hetero) is 1. The molecule has 1 aromatic heterocycles. The molecule has 3 rings (SSSR count).